The minimum absolute atomic E-state index is 0.00810. The number of rotatable bonds is 3. The number of likely N-dealkylation sites (tertiary alicyclic amines) is 1. The number of nitrogens with zero attached hydrogens (tertiary/aromatic N) is 5. The summed E-state index contributed by atoms with van der Waals surface area (Å²) in [6, 6.07) is 1.77. The molecule has 3 rings (SSSR count). The van der Waals surface area contributed by atoms with Crippen molar-refractivity contribution in [1.29, 1.82) is 0 Å². The van der Waals surface area contributed by atoms with Crippen LogP contribution in [0.2, 0.25) is 0 Å². The van der Waals surface area contributed by atoms with Gasteiger partial charge in [-0.1, -0.05) is 31.8 Å². The quantitative estimate of drug-likeness (QED) is 0.864. The highest BCUT2D eigenvalue weighted by atomic mass is 16.5. The Morgan fingerprint density at radius 2 is 2.12 bits per heavy atom. The molecule has 0 unspecified atom stereocenters. The lowest BCUT2D eigenvalue weighted by Crippen LogP contribution is -2.36. The van der Waals surface area contributed by atoms with Crippen LogP contribution in [0.1, 0.15) is 79.4 Å². The highest BCUT2D eigenvalue weighted by molar-refractivity contribution is 5.93. The van der Waals surface area contributed by atoms with Gasteiger partial charge < -0.3 is 9.42 Å². The average molecular weight is 331 g/mol. The maximum absolute atomic E-state index is 13.2. The molecular formula is C17H25N5O2. The molecule has 2 aromatic heterocycles. The van der Waals surface area contributed by atoms with E-state index in [0.29, 0.717) is 24.0 Å². The molecule has 0 aromatic carbocycles. The van der Waals surface area contributed by atoms with E-state index in [1.807, 2.05) is 18.0 Å². The van der Waals surface area contributed by atoms with Crippen LogP contribution < -0.4 is 0 Å². The van der Waals surface area contributed by atoms with Gasteiger partial charge in [-0.15, -0.1) is 0 Å². The molecule has 0 N–H and O–H groups in total. The number of carbonyl (C=O) groups excluding carboxylic acids is 1. The average Bonchev–Trinajstić information content (AvgIpc) is 3.05. The van der Waals surface area contributed by atoms with Crippen LogP contribution in [-0.2, 0) is 7.05 Å². The van der Waals surface area contributed by atoms with E-state index in [1.54, 1.807) is 11.6 Å². The number of carbonyl (C=O) groups is 1. The van der Waals surface area contributed by atoms with Gasteiger partial charge in [0.2, 0.25) is 5.89 Å². The first-order valence-corrected chi connectivity index (χ1v) is 8.62. The summed E-state index contributed by atoms with van der Waals surface area (Å²) in [4.78, 5) is 19.4. The third-order valence-corrected chi connectivity index (χ3v) is 4.56. The normalized spacial score (nSPS) is 18.9. The van der Waals surface area contributed by atoms with Crippen molar-refractivity contribution in [3.05, 3.63) is 29.2 Å². The molecule has 0 spiro atoms. The van der Waals surface area contributed by atoms with Crippen LogP contribution in [0.15, 0.2) is 10.6 Å². The monoisotopic (exact) mass is 331 g/mol. The van der Waals surface area contributed by atoms with Gasteiger partial charge in [-0.2, -0.15) is 10.1 Å². The van der Waals surface area contributed by atoms with Gasteiger partial charge in [-0.25, -0.2) is 0 Å². The molecule has 1 amide bonds. The van der Waals surface area contributed by atoms with E-state index < -0.39 is 0 Å². The van der Waals surface area contributed by atoms with Gasteiger partial charge in [0.25, 0.3) is 5.91 Å². The highest BCUT2D eigenvalue weighted by Gasteiger charge is 2.32. The second-order valence-corrected chi connectivity index (χ2v) is 6.77. The molecule has 7 nitrogen and oxygen atoms in total. The lowest BCUT2D eigenvalue weighted by molar-refractivity contribution is 0.0659. The van der Waals surface area contributed by atoms with Gasteiger partial charge in [0.1, 0.15) is 5.69 Å². The summed E-state index contributed by atoms with van der Waals surface area (Å²) in [7, 11) is 1.82. The molecule has 0 bridgehead atoms. The largest absolute Gasteiger partial charge is 0.340 e. The predicted octanol–water partition coefficient (Wildman–Crippen LogP) is 2.99. The first kappa shape index (κ1) is 16.7. The molecule has 1 saturated heterocycles. The van der Waals surface area contributed by atoms with Crippen molar-refractivity contribution in [3.8, 4) is 0 Å². The molecule has 1 fully saturated rings. The molecule has 24 heavy (non-hydrogen) atoms. The van der Waals surface area contributed by atoms with Gasteiger partial charge in [0.15, 0.2) is 5.82 Å². The Labute approximate surface area is 142 Å². The smallest absolute Gasteiger partial charge is 0.272 e. The number of amides is 1. The molecule has 0 radical (unpaired) electrons. The van der Waals surface area contributed by atoms with E-state index in [0.717, 1.165) is 31.4 Å². The van der Waals surface area contributed by atoms with Crippen molar-refractivity contribution in [2.24, 2.45) is 7.05 Å². The zero-order valence-corrected chi connectivity index (χ0v) is 14.8. The first-order chi connectivity index (χ1) is 11.5. The topological polar surface area (TPSA) is 77.1 Å². The van der Waals surface area contributed by atoms with Crippen molar-refractivity contribution >= 4 is 5.91 Å². The molecule has 3 heterocycles. The molecular weight excluding hydrogens is 306 g/mol. The van der Waals surface area contributed by atoms with E-state index in [4.69, 9.17) is 4.52 Å². The second-order valence-electron chi connectivity index (χ2n) is 6.77. The van der Waals surface area contributed by atoms with Crippen molar-refractivity contribution in [2.45, 2.75) is 58.4 Å². The lowest BCUT2D eigenvalue weighted by atomic mass is 10.1. The highest BCUT2D eigenvalue weighted by Crippen LogP contribution is 2.30. The molecule has 2 aromatic rings. The van der Waals surface area contributed by atoms with Crippen LogP contribution in [0.4, 0.5) is 0 Å². The zero-order chi connectivity index (χ0) is 17.3. The Morgan fingerprint density at radius 1 is 1.33 bits per heavy atom. The van der Waals surface area contributed by atoms with Crippen LogP contribution in [0.5, 0.6) is 0 Å². The summed E-state index contributed by atoms with van der Waals surface area (Å²) >= 11 is 0. The molecule has 1 atom stereocenters. The summed E-state index contributed by atoms with van der Waals surface area (Å²) in [5, 5.41) is 8.53. The third kappa shape index (κ3) is 3.20. The van der Waals surface area contributed by atoms with Crippen LogP contribution in [-0.4, -0.2) is 37.3 Å². The molecule has 0 saturated carbocycles. The van der Waals surface area contributed by atoms with Gasteiger partial charge in [-0.3, -0.25) is 9.48 Å². The van der Waals surface area contributed by atoms with Crippen LogP contribution in [0.3, 0.4) is 0 Å². The van der Waals surface area contributed by atoms with E-state index in [9.17, 15) is 4.79 Å². The van der Waals surface area contributed by atoms with Crippen molar-refractivity contribution in [2.75, 3.05) is 6.54 Å². The van der Waals surface area contributed by atoms with Gasteiger partial charge in [0, 0.05) is 20.5 Å². The Morgan fingerprint density at radius 3 is 2.75 bits per heavy atom. The lowest BCUT2D eigenvalue weighted by Gasteiger charge is -2.27. The fourth-order valence-electron chi connectivity index (χ4n) is 3.19. The van der Waals surface area contributed by atoms with Gasteiger partial charge >= 0.3 is 0 Å². The minimum atomic E-state index is -0.130. The molecule has 1 aliphatic rings. The summed E-state index contributed by atoms with van der Waals surface area (Å²) in [5.74, 6) is 1.42. The third-order valence-electron chi connectivity index (χ3n) is 4.56. The number of aryl methyl sites for hydroxylation is 2. The fourth-order valence-corrected chi connectivity index (χ4v) is 3.19. The van der Waals surface area contributed by atoms with E-state index in [1.165, 1.54) is 0 Å². The second kappa shape index (κ2) is 6.75. The standard InChI is InChI=1S/C17H25N5O2/c1-11(2)13-10-15(21(4)19-13)17(23)22-9-7-5-6-8-14(22)16-18-12(3)24-20-16/h10-11,14H,5-9H2,1-4H3/t14-/m1/s1. The summed E-state index contributed by atoms with van der Waals surface area (Å²) in [6.07, 6.45) is 4.03. The Hall–Kier alpha value is -2.18. The van der Waals surface area contributed by atoms with E-state index in [-0.39, 0.29) is 17.9 Å². The maximum Gasteiger partial charge on any atom is 0.272 e. The van der Waals surface area contributed by atoms with Crippen molar-refractivity contribution in [1.82, 2.24) is 24.8 Å². The summed E-state index contributed by atoms with van der Waals surface area (Å²) in [6.45, 7) is 6.63. The number of hydrogen-bond acceptors (Lipinski definition) is 5. The van der Waals surface area contributed by atoms with E-state index in [2.05, 4.69) is 29.1 Å². The Kier molecular flexibility index (Phi) is 4.69. The number of hydrogen-bond donors (Lipinski definition) is 0. The molecule has 0 aliphatic carbocycles. The van der Waals surface area contributed by atoms with Crippen molar-refractivity contribution < 1.29 is 9.32 Å². The predicted molar refractivity (Wildman–Crippen MR) is 88.6 cm³/mol. The van der Waals surface area contributed by atoms with Gasteiger partial charge in [-0.05, 0) is 24.8 Å². The maximum atomic E-state index is 13.2. The van der Waals surface area contributed by atoms with Crippen LogP contribution in [0.25, 0.3) is 0 Å². The fraction of sp³-hybridized carbons (Fsp3) is 0.647. The minimum Gasteiger partial charge on any atom is -0.340 e. The SMILES string of the molecule is Cc1nc([C@H]2CCCCCN2C(=O)c2cc(C(C)C)nn2C)no1. The molecule has 1 aliphatic heterocycles. The number of aromatic nitrogens is 4. The first-order valence-electron chi connectivity index (χ1n) is 8.62. The van der Waals surface area contributed by atoms with E-state index >= 15 is 0 Å². The van der Waals surface area contributed by atoms with Crippen LogP contribution >= 0.6 is 0 Å². The van der Waals surface area contributed by atoms with Gasteiger partial charge in [0.05, 0.1) is 11.7 Å². The van der Waals surface area contributed by atoms with Crippen LogP contribution in [0, 0.1) is 6.92 Å². The Balaban J connectivity index is 1.92. The summed E-state index contributed by atoms with van der Waals surface area (Å²) in [5.41, 5.74) is 1.55. The molecule has 130 valence electrons. The molecule has 7 heteroatoms. The zero-order valence-electron chi connectivity index (χ0n) is 14.8. The van der Waals surface area contributed by atoms with Crippen molar-refractivity contribution in [3.63, 3.8) is 0 Å². The Bertz CT molecular complexity index is 718. The summed E-state index contributed by atoms with van der Waals surface area (Å²) < 4.78 is 6.82.